The highest BCUT2D eigenvalue weighted by atomic mass is 19.4. The first-order valence-electron chi connectivity index (χ1n) is 4.40. The molecule has 0 amide bonds. The van der Waals surface area contributed by atoms with Crippen molar-refractivity contribution in [3.05, 3.63) is 24.3 Å². The zero-order valence-electron chi connectivity index (χ0n) is 8.08. The molecule has 2 unspecified atom stereocenters. The maximum absolute atomic E-state index is 12.2. The molecule has 0 aromatic carbocycles. The van der Waals surface area contributed by atoms with Gasteiger partial charge in [0.05, 0.1) is 0 Å². The molecule has 0 aliphatic heterocycles. The molecule has 0 aromatic rings. The van der Waals surface area contributed by atoms with Gasteiger partial charge in [0.15, 0.2) is 11.7 Å². The predicted molar refractivity (Wildman–Crippen MR) is 47.8 cm³/mol. The van der Waals surface area contributed by atoms with Gasteiger partial charge in [0, 0.05) is 6.42 Å². The van der Waals surface area contributed by atoms with E-state index in [0.29, 0.717) is 0 Å². The molecule has 1 rings (SSSR count). The first-order valence-corrected chi connectivity index (χ1v) is 4.40. The third-order valence-electron chi connectivity index (χ3n) is 2.07. The van der Waals surface area contributed by atoms with Crippen LogP contribution in [0.1, 0.15) is 13.3 Å². The summed E-state index contributed by atoms with van der Waals surface area (Å²) in [6.45, 7) is 0.894. The molecular weight excluding hydrogens is 207 g/mol. The van der Waals surface area contributed by atoms with Crippen molar-refractivity contribution in [1.82, 2.24) is 0 Å². The second-order valence-electron chi connectivity index (χ2n) is 3.29. The Balaban J connectivity index is 2.75. The Bertz CT molecular complexity index is 327. The number of halogens is 3. The van der Waals surface area contributed by atoms with Crippen LogP contribution in [0.15, 0.2) is 24.3 Å². The molecule has 0 radical (unpaired) electrons. The maximum Gasteiger partial charge on any atom is 0.414 e. The van der Waals surface area contributed by atoms with E-state index in [0.717, 1.165) is 6.92 Å². The summed E-state index contributed by atoms with van der Waals surface area (Å²) in [4.78, 5) is 0. The predicted octanol–water partition coefficient (Wildman–Crippen LogP) is 2.73. The number of rotatable bonds is 2. The lowest BCUT2D eigenvalue weighted by Gasteiger charge is -2.28. The number of alkyl halides is 3. The molecule has 0 heterocycles. The Kier molecular flexibility index (Phi) is 3.20. The van der Waals surface area contributed by atoms with Crippen LogP contribution in [0.4, 0.5) is 13.2 Å². The van der Waals surface area contributed by atoms with Gasteiger partial charge in [0.2, 0.25) is 0 Å². The molecule has 82 valence electrons. The third kappa shape index (κ3) is 2.83. The number of hydrogen-bond acceptors (Lipinski definition) is 2. The van der Waals surface area contributed by atoms with Crippen LogP contribution in [-0.2, 0) is 4.74 Å². The Morgan fingerprint density at radius 2 is 2.13 bits per heavy atom. The van der Waals surface area contributed by atoms with Crippen LogP contribution in [0.3, 0.4) is 0 Å². The molecule has 0 saturated heterocycles. The Hall–Kier alpha value is -1.28. The van der Waals surface area contributed by atoms with E-state index in [1.807, 2.05) is 0 Å². The van der Waals surface area contributed by atoms with Gasteiger partial charge in [-0.2, -0.15) is 18.4 Å². The van der Waals surface area contributed by atoms with Gasteiger partial charge in [-0.15, -0.1) is 0 Å². The first-order chi connectivity index (χ1) is 6.90. The highest BCUT2D eigenvalue weighted by molar-refractivity contribution is 5.26. The number of ether oxygens (including phenoxy) is 1. The molecule has 15 heavy (non-hydrogen) atoms. The van der Waals surface area contributed by atoms with Crippen LogP contribution in [-0.4, -0.2) is 17.9 Å². The van der Waals surface area contributed by atoms with Crippen molar-refractivity contribution in [3.63, 3.8) is 0 Å². The van der Waals surface area contributed by atoms with E-state index in [4.69, 9.17) is 10.00 Å². The zero-order valence-corrected chi connectivity index (χ0v) is 8.08. The maximum atomic E-state index is 12.2. The molecule has 0 N–H and O–H groups in total. The molecule has 0 bridgehead atoms. The molecule has 1 aliphatic carbocycles. The molecule has 0 fully saturated rings. The fraction of sp³-hybridized carbons (Fsp3) is 0.500. The molecule has 2 atom stereocenters. The normalized spacial score (nSPS) is 27.4. The molecule has 0 aromatic heterocycles. The van der Waals surface area contributed by atoms with Gasteiger partial charge in [-0.3, -0.25) is 0 Å². The second kappa shape index (κ2) is 4.07. The largest absolute Gasteiger partial charge is 0.414 e. The van der Waals surface area contributed by atoms with Gasteiger partial charge in [-0.05, 0) is 13.0 Å². The zero-order chi connectivity index (χ0) is 11.5. The highest BCUT2D eigenvalue weighted by Gasteiger charge is 2.42. The Morgan fingerprint density at radius 3 is 2.53 bits per heavy atom. The summed E-state index contributed by atoms with van der Waals surface area (Å²) in [5.41, 5.74) is -1.48. The molecule has 0 saturated carbocycles. The molecule has 5 heteroatoms. The van der Waals surface area contributed by atoms with Gasteiger partial charge < -0.3 is 4.74 Å². The second-order valence-corrected chi connectivity index (χ2v) is 3.29. The van der Waals surface area contributed by atoms with Gasteiger partial charge in [0.1, 0.15) is 6.07 Å². The number of hydrogen-bond donors (Lipinski definition) is 0. The summed E-state index contributed by atoms with van der Waals surface area (Å²) < 4.78 is 41.5. The van der Waals surface area contributed by atoms with Crippen LogP contribution in [0.2, 0.25) is 0 Å². The van der Waals surface area contributed by atoms with Crippen molar-refractivity contribution in [3.8, 4) is 6.07 Å². The number of allylic oxidation sites excluding steroid dienone is 2. The van der Waals surface area contributed by atoms with E-state index in [1.54, 1.807) is 18.2 Å². The molecule has 2 nitrogen and oxygen atoms in total. The SMILES string of the molecule is CC(OC1(C#N)C=CC=CC1)C(F)(F)F. The minimum atomic E-state index is -4.45. The Labute approximate surface area is 85.6 Å². The van der Waals surface area contributed by atoms with Crippen molar-refractivity contribution in [2.45, 2.75) is 31.2 Å². The van der Waals surface area contributed by atoms with E-state index in [2.05, 4.69) is 0 Å². The van der Waals surface area contributed by atoms with Crippen LogP contribution >= 0.6 is 0 Å². The third-order valence-corrected chi connectivity index (χ3v) is 2.07. The average Bonchev–Trinajstić information content (AvgIpc) is 2.18. The molecular formula is C10H10F3NO. The summed E-state index contributed by atoms with van der Waals surface area (Å²) in [5, 5.41) is 8.83. The van der Waals surface area contributed by atoms with Crippen LogP contribution in [0.25, 0.3) is 0 Å². The minimum absolute atomic E-state index is 0.139. The summed E-state index contributed by atoms with van der Waals surface area (Å²) in [6.07, 6.45) is -0.137. The molecule has 0 spiro atoms. The van der Waals surface area contributed by atoms with Crippen molar-refractivity contribution < 1.29 is 17.9 Å². The van der Waals surface area contributed by atoms with Crippen LogP contribution in [0, 0.1) is 11.3 Å². The van der Waals surface area contributed by atoms with E-state index in [9.17, 15) is 13.2 Å². The van der Waals surface area contributed by atoms with Crippen LogP contribution < -0.4 is 0 Å². The Morgan fingerprint density at radius 1 is 1.47 bits per heavy atom. The average molecular weight is 217 g/mol. The van der Waals surface area contributed by atoms with E-state index in [-0.39, 0.29) is 6.42 Å². The molecule has 1 aliphatic rings. The van der Waals surface area contributed by atoms with Gasteiger partial charge >= 0.3 is 6.18 Å². The quantitative estimate of drug-likeness (QED) is 0.712. The first kappa shape index (κ1) is 11.8. The van der Waals surface area contributed by atoms with Gasteiger partial charge in [-0.25, -0.2) is 0 Å². The van der Waals surface area contributed by atoms with Crippen molar-refractivity contribution in [1.29, 1.82) is 5.26 Å². The smallest absolute Gasteiger partial charge is 0.344 e. The van der Waals surface area contributed by atoms with Crippen molar-refractivity contribution in [2.75, 3.05) is 0 Å². The summed E-state index contributed by atoms with van der Waals surface area (Å²) >= 11 is 0. The van der Waals surface area contributed by atoms with E-state index < -0.39 is 17.9 Å². The fourth-order valence-electron chi connectivity index (χ4n) is 1.18. The minimum Gasteiger partial charge on any atom is -0.344 e. The highest BCUT2D eigenvalue weighted by Crippen LogP contribution is 2.30. The fourth-order valence-corrected chi connectivity index (χ4v) is 1.18. The van der Waals surface area contributed by atoms with E-state index >= 15 is 0 Å². The standard InChI is InChI=1S/C10H10F3NO/c1-8(10(11,12)13)15-9(7-14)5-3-2-4-6-9/h2-5,8H,6H2,1H3. The van der Waals surface area contributed by atoms with E-state index in [1.165, 1.54) is 12.2 Å². The van der Waals surface area contributed by atoms with Gasteiger partial charge in [0.25, 0.3) is 0 Å². The van der Waals surface area contributed by atoms with Crippen LogP contribution in [0.5, 0.6) is 0 Å². The number of nitriles is 1. The van der Waals surface area contributed by atoms with Crippen molar-refractivity contribution >= 4 is 0 Å². The lowest BCUT2D eigenvalue weighted by Crippen LogP contribution is -2.39. The lowest BCUT2D eigenvalue weighted by atomic mass is 9.96. The summed E-state index contributed by atoms with van der Waals surface area (Å²) in [7, 11) is 0. The summed E-state index contributed by atoms with van der Waals surface area (Å²) in [5.74, 6) is 0. The summed E-state index contributed by atoms with van der Waals surface area (Å²) in [6, 6.07) is 1.76. The number of nitrogens with zero attached hydrogens (tertiary/aromatic N) is 1. The van der Waals surface area contributed by atoms with Gasteiger partial charge in [-0.1, -0.05) is 18.2 Å². The topological polar surface area (TPSA) is 33.0 Å². The van der Waals surface area contributed by atoms with Crippen molar-refractivity contribution in [2.24, 2.45) is 0 Å². The lowest BCUT2D eigenvalue weighted by molar-refractivity contribution is -0.231. The monoisotopic (exact) mass is 217 g/mol.